The minimum atomic E-state index is 1.12. The smallest absolute Gasteiger partial charge is 0.0638 e. The highest BCUT2D eigenvalue weighted by molar-refractivity contribution is 4.89. The van der Waals surface area contributed by atoms with Gasteiger partial charge in [0.2, 0.25) is 0 Å². The van der Waals surface area contributed by atoms with Crippen LogP contribution in [0, 0.1) is 0 Å². The van der Waals surface area contributed by atoms with Crippen molar-refractivity contribution in [3.8, 4) is 0 Å². The fraction of sp³-hybridized carbons (Fsp3) is 0.667. The van der Waals surface area contributed by atoms with Crippen molar-refractivity contribution in [3.63, 3.8) is 0 Å². The molecule has 0 bridgehead atoms. The van der Waals surface area contributed by atoms with E-state index in [0.29, 0.717) is 0 Å². The van der Waals surface area contributed by atoms with Crippen molar-refractivity contribution in [3.05, 3.63) is 11.8 Å². The summed E-state index contributed by atoms with van der Waals surface area (Å²) in [4.78, 5) is 4.87. The molecule has 0 amide bonds. The molecule has 0 aliphatic heterocycles. The normalized spacial score (nSPS) is 11.8. The van der Waals surface area contributed by atoms with Gasteiger partial charge >= 0.3 is 0 Å². The molecule has 48 valence electrons. The fourth-order valence-electron chi connectivity index (χ4n) is 0.326. The SMILES string of the molecule is C/C=C(\C)N(C)OC. The lowest BCUT2D eigenvalue weighted by molar-refractivity contribution is -0.0770. The van der Waals surface area contributed by atoms with Gasteiger partial charge in [-0.05, 0) is 13.8 Å². The Morgan fingerprint density at radius 1 is 1.62 bits per heavy atom. The lowest BCUT2D eigenvalue weighted by atomic mass is 10.5. The van der Waals surface area contributed by atoms with E-state index in [4.69, 9.17) is 4.84 Å². The van der Waals surface area contributed by atoms with Crippen LogP contribution >= 0.6 is 0 Å². The zero-order chi connectivity index (χ0) is 6.57. The molecule has 2 heteroatoms. The van der Waals surface area contributed by atoms with Gasteiger partial charge in [-0.2, -0.15) is 0 Å². The average Bonchev–Trinajstić information content (AvgIpc) is 1.84. The van der Waals surface area contributed by atoms with Crippen molar-refractivity contribution in [2.45, 2.75) is 13.8 Å². The van der Waals surface area contributed by atoms with Crippen molar-refractivity contribution in [1.82, 2.24) is 5.06 Å². The molecule has 8 heavy (non-hydrogen) atoms. The summed E-state index contributed by atoms with van der Waals surface area (Å²) in [5.74, 6) is 0. The third-order valence-electron chi connectivity index (χ3n) is 1.19. The van der Waals surface area contributed by atoms with E-state index in [1.165, 1.54) is 0 Å². The predicted molar refractivity (Wildman–Crippen MR) is 34.2 cm³/mol. The first-order valence-electron chi connectivity index (χ1n) is 2.63. The first-order valence-corrected chi connectivity index (χ1v) is 2.63. The Bertz CT molecular complexity index is 88.5. The maximum Gasteiger partial charge on any atom is 0.0638 e. The standard InChI is InChI=1S/C6H13NO/c1-5-6(2)7(3)8-4/h5H,1-4H3/b6-5+. The van der Waals surface area contributed by atoms with Crippen molar-refractivity contribution in [2.24, 2.45) is 0 Å². The van der Waals surface area contributed by atoms with E-state index in [2.05, 4.69) is 0 Å². The van der Waals surface area contributed by atoms with Crippen LogP contribution in [0.1, 0.15) is 13.8 Å². The highest BCUT2D eigenvalue weighted by atomic mass is 16.7. The van der Waals surface area contributed by atoms with Gasteiger partial charge in [-0.1, -0.05) is 6.08 Å². The minimum absolute atomic E-state index is 1.12. The maximum absolute atomic E-state index is 4.87. The second kappa shape index (κ2) is 3.50. The average molecular weight is 115 g/mol. The summed E-state index contributed by atoms with van der Waals surface area (Å²) in [5.41, 5.74) is 1.12. The van der Waals surface area contributed by atoms with Crippen LogP contribution in [0.5, 0.6) is 0 Å². The molecule has 0 N–H and O–H groups in total. The second-order valence-corrected chi connectivity index (χ2v) is 1.61. The molecular formula is C6H13NO. The molecule has 0 aromatic heterocycles. The van der Waals surface area contributed by atoms with Gasteiger partial charge in [-0.15, -0.1) is 0 Å². The molecule has 0 aromatic carbocycles. The summed E-state index contributed by atoms with van der Waals surface area (Å²) in [6.07, 6.45) is 1.99. The predicted octanol–water partition coefficient (Wildman–Crippen LogP) is 1.40. The van der Waals surface area contributed by atoms with Gasteiger partial charge in [-0.3, -0.25) is 9.90 Å². The fourth-order valence-corrected chi connectivity index (χ4v) is 0.326. The van der Waals surface area contributed by atoms with Gasteiger partial charge in [-0.25, -0.2) is 0 Å². The summed E-state index contributed by atoms with van der Waals surface area (Å²) in [6, 6.07) is 0. The van der Waals surface area contributed by atoms with E-state index in [1.807, 2.05) is 27.0 Å². The topological polar surface area (TPSA) is 12.5 Å². The number of allylic oxidation sites excluding steroid dienone is 2. The maximum atomic E-state index is 4.87. The largest absolute Gasteiger partial charge is 0.277 e. The van der Waals surface area contributed by atoms with E-state index >= 15 is 0 Å². The molecule has 0 saturated carbocycles. The lowest BCUT2D eigenvalue weighted by Crippen LogP contribution is -2.13. The van der Waals surface area contributed by atoms with E-state index in [-0.39, 0.29) is 0 Å². The molecule has 0 rings (SSSR count). The third kappa shape index (κ3) is 1.98. The third-order valence-corrected chi connectivity index (χ3v) is 1.19. The number of hydroxylamine groups is 2. The molecule has 2 nitrogen and oxygen atoms in total. The number of nitrogens with zero attached hydrogens (tertiary/aromatic N) is 1. The summed E-state index contributed by atoms with van der Waals surface area (Å²) in [5, 5.41) is 1.71. The van der Waals surface area contributed by atoms with Crippen LogP contribution in [-0.4, -0.2) is 19.2 Å². The van der Waals surface area contributed by atoms with Gasteiger partial charge < -0.3 is 0 Å². The molecule has 0 radical (unpaired) electrons. The quantitative estimate of drug-likeness (QED) is 0.504. The summed E-state index contributed by atoms with van der Waals surface area (Å²) in [6.45, 7) is 3.97. The molecule has 0 spiro atoms. The number of hydrogen-bond acceptors (Lipinski definition) is 2. The van der Waals surface area contributed by atoms with Crippen molar-refractivity contribution in [2.75, 3.05) is 14.2 Å². The van der Waals surface area contributed by atoms with Gasteiger partial charge in [0.1, 0.15) is 0 Å². The van der Waals surface area contributed by atoms with E-state index < -0.39 is 0 Å². The first kappa shape index (κ1) is 7.50. The Hall–Kier alpha value is -0.500. The van der Waals surface area contributed by atoms with Crippen molar-refractivity contribution >= 4 is 0 Å². The number of hydrogen-bond donors (Lipinski definition) is 0. The van der Waals surface area contributed by atoms with Gasteiger partial charge in [0.25, 0.3) is 0 Å². The molecule has 0 saturated heterocycles. The molecule has 0 aliphatic rings. The Morgan fingerprint density at radius 2 is 2.12 bits per heavy atom. The van der Waals surface area contributed by atoms with Crippen LogP contribution in [0.4, 0.5) is 0 Å². The van der Waals surface area contributed by atoms with Gasteiger partial charge in [0.05, 0.1) is 7.11 Å². The lowest BCUT2D eigenvalue weighted by Gasteiger charge is -2.14. The molecule has 0 aliphatic carbocycles. The second-order valence-electron chi connectivity index (χ2n) is 1.61. The zero-order valence-electron chi connectivity index (χ0n) is 5.93. The molecule has 0 fully saturated rings. The molecule has 0 aromatic rings. The van der Waals surface area contributed by atoms with Crippen LogP contribution in [0.25, 0.3) is 0 Å². The summed E-state index contributed by atoms with van der Waals surface area (Å²) in [7, 11) is 3.52. The highest BCUT2D eigenvalue weighted by Crippen LogP contribution is 1.96. The molecular weight excluding hydrogens is 102 g/mol. The van der Waals surface area contributed by atoms with E-state index in [9.17, 15) is 0 Å². The van der Waals surface area contributed by atoms with Crippen molar-refractivity contribution in [1.29, 1.82) is 0 Å². The van der Waals surface area contributed by atoms with E-state index in [1.54, 1.807) is 12.2 Å². The van der Waals surface area contributed by atoms with Crippen LogP contribution in [-0.2, 0) is 4.84 Å². The first-order chi connectivity index (χ1) is 3.72. The summed E-state index contributed by atoms with van der Waals surface area (Å²) < 4.78 is 0. The van der Waals surface area contributed by atoms with Crippen LogP contribution in [0.3, 0.4) is 0 Å². The molecule has 0 unspecified atom stereocenters. The highest BCUT2D eigenvalue weighted by Gasteiger charge is 1.90. The van der Waals surface area contributed by atoms with Crippen LogP contribution in [0.15, 0.2) is 11.8 Å². The zero-order valence-corrected chi connectivity index (χ0v) is 5.93. The van der Waals surface area contributed by atoms with E-state index in [0.717, 1.165) is 5.70 Å². The number of rotatable bonds is 2. The van der Waals surface area contributed by atoms with Crippen LogP contribution in [0.2, 0.25) is 0 Å². The molecule has 0 heterocycles. The Labute approximate surface area is 50.7 Å². The van der Waals surface area contributed by atoms with Crippen LogP contribution < -0.4 is 0 Å². The van der Waals surface area contributed by atoms with Crippen molar-refractivity contribution < 1.29 is 4.84 Å². The molecule has 0 atom stereocenters. The van der Waals surface area contributed by atoms with Gasteiger partial charge in [0.15, 0.2) is 0 Å². The Balaban J connectivity index is 3.63. The van der Waals surface area contributed by atoms with Gasteiger partial charge in [0, 0.05) is 12.7 Å². The minimum Gasteiger partial charge on any atom is -0.277 e. The Kier molecular flexibility index (Phi) is 3.28. The summed E-state index contributed by atoms with van der Waals surface area (Å²) >= 11 is 0. The Morgan fingerprint density at radius 3 is 2.25 bits per heavy atom. The monoisotopic (exact) mass is 115 g/mol.